The molecule has 1 atom stereocenters. The van der Waals surface area contributed by atoms with Gasteiger partial charge < -0.3 is 15.4 Å². The Labute approximate surface area is 237 Å². The summed E-state index contributed by atoms with van der Waals surface area (Å²) in [5.41, 5.74) is -0.717. The molecular formula is C28H29Cl2F2N3O3S. The van der Waals surface area contributed by atoms with Crippen molar-refractivity contribution in [2.45, 2.75) is 43.4 Å². The van der Waals surface area contributed by atoms with Gasteiger partial charge in [0.2, 0.25) is 0 Å². The van der Waals surface area contributed by atoms with Crippen LogP contribution in [0.5, 0.6) is 0 Å². The van der Waals surface area contributed by atoms with Crippen molar-refractivity contribution in [3.63, 3.8) is 0 Å². The van der Waals surface area contributed by atoms with Crippen molar-refractivity contribution in [3.8, 4) is 0 Å². The Morgan fingerprint density at radius 2 is 1.77 bits per heavy atom. The molecule has 39 heavy (non-hydrogen) atoms. The van der Waals surface area contributed by atoms with E-state index in [-0.39, 0.29) is 32.5 Å². The summed E-state index contributed by atoms with van der Waals surface area (Å²) in [5, 5.41) is 4.72. The van der Waals surface area contributed by atoms with Gasteiger partial charge in [-0.3, -0.25) is 0 Å². The molecule has 208 valence electrons. The monoisotopic (exact) mass is 595 g/mol. The van der Waals surface area contributed by atoms with Crippen molar-refractivity contribution >= 4 is 38.9 Å². The molecule has 1 aromatic heterocycles. The Morgan fingerprint density at radius 3 is 2.41 bits per heavy atom. The zero-order valence-electron chi connectivity index (χ0n) is 21.8. The normalized spacial score (nSPS) is 13.4. The molecule has 1 unspecified atom stereocenters. The van der Waals surface area contributed by atoms with Crippen LogP contribution in [0.4, 0.5) is 14.6 Å². The van der Waals surface area contributed by atoms with E-state index in [2.05, 4.69) is 15.6 Å². The molecule has 0 aliphatic carbocycles. The molecule has 0 saturated heterocycles. The molecule has 0 saturated carbocycles. The van der Waals surface area contributed by atoms with Gasteiger partial charge in [0.1, 0.15) is 28.3 Å². The summed E-state index contributed by atoms with van der Waals surface area (Å²) in [6.07, 6.45) is 6.50. The SMILES string of the molecule is C/C=C(/N/C=C/CNc1cc(C(c2cc(F)ccc2F)S(=O)(=O)c2ccc(Cl)cc2)c(Cl)cn1)OC(C)(C)C. The maximum Gasteiger partial charge on any atom is 0.189 e. The van der Waals surface area contributed by atoms with Crippen molar-refractivity contribution in [1.82, 2.24) is 10.3 Å². The topological polar surface area (TPSA) is 80.3 Å². The van der Waals surface area contributed by atoms with E-state index in [4.69, 9.17) is 27.9 Å². The minimum atomic E-state index is -4.31. The van der Waals surface area contributed by atoms with Crippen LogP contribution in [0.1, 0.15) is 44.1 Å². The number of sulfone groups is 1. The summed E-state index contributed by atoms with van der Waals surface area (Å²) in [5.74, 6) is -0.824. The van der Waals surface area contributed by atoms with Gasteiger partial charge in [-0.15, -0.1) is 0 Å². The average Bonchev–Trinajstić information content (AvgIpc) is 2.86. The van der Waals surface area contributed by atoms with Crippen LogP contribution in [0, 0.1) is 11.6 Å². The van der Waals surface area contributed by atoms with Crippen molar-refractivity contribution in [2.24, 2.45) is 0 Å². The van der Waals surface area contributed by atoms with Gasteiger partial charge in [-0.25, -0.2) is 22.2 Å². The number of pyridine rings is 1. The van der Waals surface area contributed by atoms with E-state index in [0.717, 1.165) is 18.2 Å². The zero-order chi connectivity index (χ0) is 28.8. The first kappa shape index (κ1) is 30.4. The number of rotatable bonds is 10. The molecule has 0 aliphatic rings. The standard InChI is InChI=1S/C28H29Cl2F2N3O3S/c1-5-26(38-28(2,3)4)34-14-6-13-33-25-16-21(23(30)17-35-25)27(22-15-19(31)9-12-24(22)32)39(36,37)20-10-7-18(29)8-11-20/h5-12,14-17,27,34H,13H2,1-4H3,(H,33,35)/b14-6+,26-5-. The molecule has 2 aromatic carbocycles. The average molecular weight is 597 g/mol. The Morgan fingerprint density at radius 1 is 1.08 bits per heavy atom. The molecule has 0 bridgehead atoms. The van der Waals surface area contributed by atoms with E-state index in [1.165, 1.54) is 36.5 Å². The van der Waals surface area contributed by atoms with Gasteiger partial charge in [0, 0.05) is 29.5 Å². The van der Waals surface area contributed by atoms with Crippen LogP contribution in [-0.2, 0) is 14.6 Å². The smallest absolute Gasteiger partial charge is 0.189 e. The van der Waals surface area contributed by atoms with Crippen LogP contribution in [0.15, 0.2) is 83.9 Å². The van der Waals surface area contributed by atoms with Crippen LogP contribution in [0.25, 0.3) is 0 Å². The first-order valence-electron chi connectivity index (χ1n) is 11.9. The highest BCUT2D eigenvalue weighted by atomic mass is 35.5. The molecule has 0 spiro atoms. The number of anilines is 1. The first-order valence-corrected chi connectivity index (χ1v) is 14.2. The van der Waals surface area contributed by atoms with Crippen molar-refractivity contribution < 1.29 is 21.9 Å². The fourth-order valence-electron chi connectivity index (χ4n) is 3.59. The van der Waals surface area contributed by atoms with E-state index in [0.29, 0.717) is 17.5 Å². The molecule has 0 amide bonds. The Bertz CT molecular complexity index is 1470. The lowest BCUT2D eigenvalue weighted by Crippen LogP contribution is -2.23. The molecule has 0 aliphatic heterocycles. The zero-order valence-corrected chi connectivity index (χ0v) is 24.1. The molecule has 3 aromatic rings. The van der Waals surface area contributed by atoms with Crippen LogP contribution in [-0.4, -0.2) is 25.5 Å². The number of hydrogen-bond donors (Lipinski definition) is 2. The first-order chi connectivity index (χ1) is 18.3. The fraction of sp³-hybridized carbons (Fsp3) is 0.250. The third kappa shape index (κ3) is 8.17. The van der Waals surface area contributed by atoms with E-state index in [1.54, 1.807) is 18.4 Å². The second kappa shape index (κ2) is 12.8. The summed E-state index contributed by atoms with van der Waals surface area (Å²) < 4.78 is 62.5. The third-order valence-electron chi connectivity index (χ3n) is 5.28. The van der Waals surface area contributed by atoms with E-state index in [1.807, 2.05) is 27.7 Å². The van der Waals surface area contributed by atoms with Crippen LogP contribution in [0.3, 0.4) is 0 Å². The van der Waals surface area contributed by atoms with Crippen LogP contribution in [0.2, 0.25) is 10.0 Å². The quantitative estimate of drug-likeness (QED) is 0.237. The number of nitrogens with one attached hydrogen (secondary N) is 2. The number of aromatic nitrogens is 1. The predicted molar refractivity (Wildman–Crippen MR) is 151 cm³/mol. The summed E-state index contributed by atoms with van der Waals surface area (Å²) >= 11 is 12.3. The lowest BCUT2D eigenvalue weighted by atomic mass is 10.0. The van der Waals surface area contributed by atoms with E-state index < -0.39 is 26.7 Å². The number of ether oxygens (including phenoxy) is 1. The Kier molecular flexibility index (Phi) is 9.98. The maximum atomic E-state index is 15.0. The second-order valence-corrected chi connectivity index (χ2v) is 12.3. The molecule has 0 radical (unpaired) electrons. The van der Waals surface area contributed by atoms with Crippen molar-refractivity contribution in [1.29, 1.82) is 0 Å². The summed E-state index contributed by atoms with van der Waals surface area (Å²) in [7, 11) is -4.31. The third-order valence-corrected chi connectivity index (χ3v) is 7.91. The number of benzene rings is 2. The Balaban J connectivity index is 1.94. The van der Waals surface area contributed by atoms with Crippen LogP contribution >= 0.6 is 23.2 Å². The van der Waals surface area contributed by atoms with Gasteiger partial charge in [-0.2, -0.15) is 0 Å². The van der Waals surface area contributed by atoms with E-state index in [9.17, 15) is 17.2 Å². The predicted octanol–water partition coefficient (Wildman–Crippen LogP) is 7.42. The lowest BCUT2D eigenvalue weighted by molar-refractivity contribution is 0.0436. The second-order valence-electron chi connectivity index (χ2n) is 9.43. The summed E-state index contributed by atoms with van der Waals surface area (Å²) in [4.78, 5) is 4.07. The Hall–Kier alpha value is -3.14. The molecule has 1 heterocycles. The van der Waals surface area contributed by atoms with Gasteiger partial charge in [0.05, 0.1) is 9.92 Å². The summed E-state index contributed by atoms with van der Waals surface area (Å²) in [6, 6.07) is 9.46. The van der Waals surface area contributed by atoms with Crippen LogP contribution < -0.4 is 10.6 Å². The van der Waals surface area contributed by atoms with Gasteiger partial charge in [-0.05, 0) is 93.9 Å². The maximum absolute atomic E-state index is 15.0. The van der Waals surface area contributed by atoms with Crippen molar-refractivity contribution in [2.75, 3.05) is 11.9 Å². The van der Waals surface area contributed by atoms with Crippen molar-refractivity contribution in [3.05, 3.63) is 112 Å². The molecule has 6 nitrogen and oxygen atoms in total. The van der Waals surface area contributed by atoms with Gasteiger partial charge in [-0.1, -0.05) is 23.2 Å². The van der Waals surface area contributed by atoms with E-state index >= 15 is 0 Å². The minimum absolute atomic E-state index is 0.0268. The lowest BCUT2D eigenvalue weighted by Gasteiger charge is -2.23. The van der Waals surface area contributed by atoms with Gasteiger partial charge >= 0.3 is 0 Å². The number of nitrogens with zero attached hydrogens (tertiary/aromatic N) is 1. The minimum Gasteiger partial charge on any atom is -0.474 e. The fourth-order valence-corrected chi connectivity index (χ4v) is 5.83. The molecular weight excluding hydrogens is 567 g/mol. The summed E-state index contributed by atoms with van der Waals surface area (Å²) in [6.45, 7) is 7.95. The molecule has 11 heteroatoms. The highest BCUT2D eigenvalue weighted by Crippen LogP contribution is 2.40. The molecule has 3 rings (SSSR count). The van der Waals surface area contributed by atoms with Gasteiger partial charge in [0.25, 0.3) is 0 Å². The number of allylic oxidation sites excluding steroid dienone is 1. The van der Waals surface area contributed by atoms with Gasteiger partial charge in [0.15, 0.2) is 15.7 Å². The number of hydrogen-bond acceptors (Lipinski definition) is 6. The number of halogens is 4. The molecule has 0 fully saturated rings. The molecule has 2 N–H and O–H groups in total. The highest BCUT2D eigenvalue weighted by molar-refractivity contribution is 7.92. The highest BCUT2D eigenvalue weighted by Gasteiger charge is 2.35. The largest absolute Gasteiger partial charge is 0.474 e.